The number of hydrogen-bond acceptors (Lipinski definition) is 5. The van der Waals surface area contributed by atoms with Gasteiger partial charge in [-0.05, 0) is 36.6 Å². The van der Waals surface area contributed by atoms with Gasteiger partial charge in [0.2, 0.25) is 11.8 Å². The van der Waals surface area contributed by atoms with Crippen LogP contribution in [0, 0.1) is 6.92 Å². The van der Waals surface area contributed by atoms with Crippen LogP contribution in [0.4, 0.5) is 5.69 Å². The van der Waals surface area contributed by atoms with Gasteiger partial charge in [0.15, 0.2) is 0 Å². The van der Waals surface area contributed by atoms with Crippen LogP contribution in [0.2, 0.25) is 0 Å². The molecule has 0 spiro atoms. The monoisotopic (exact) mass is 406 g/mol. The average Bonchev–Trinajstić information content (AvgIpc) is 3.14. The highest BCUT2D eigenvalue weighted by Crippen LogP contribution is 2.25. The quantitative estimate of drug-likeness (QED) is 0.682. The topological polar surface area (TPSA) is 88.3 Å². The number of carbonyl (C=O) groups is 2. The van der Waals surface area contributed by atoms with E-state index in [4.69, 9.17) is 5.73 Å². The van der Waals surface area contributed by atoms with Gasteiger partial charge in [-0.1, -0.05) is 36.4 Å². The Morgan fingerprint density at radius 2 is 2.00 bits per heavy atom. The lowest BCUT2D eigenvalue weighted by Crippen LogP contribution is -2.50. The molecule has 1 atom stereocenters. The number of primary amides is 1. The van der Waals surface area contributed by atoms with Crippen LogP contribution in [0.5, 0.6) is 0 Å². The molecule has 1 aliphatic heterocycles. The van der Waals surface area contributed by atoms with Crippen molar-refractivity contribution < 1.29 is 9.59 Å². The number of rotatable bonds is 5. The first kappa shape index (κ1) is 19.3. The molecule has 2 aromatic carbocycles. The van der Waals surface area contributed by atoms with Crippen LogP contribution in [-0.4, -0.2) is 34.3 Å². The summed E-state index contributed by atoms with van der Waals surface area (Å²) in [5.74, 6) is -0.588. The van der Waals surface area contributed by atoms with E-state index in [2.05, 4.69) is 10.3 Å². The molecular formula is C22H22N4O2S. The summed E-state index contributed by atoms with van der Waals surface area (Å²) >= 11 is 1.59. The Bertz CT molecular complexity index is 1060. The molecule has 29 heavy (non-hydrogen) atoms. The summed E-state index contributed by atoms with van der Waals surface area (Å²) in [4.78, 5) is 31.0. The highest BCUT2D eigenvalue weighted by atomic mass is 32.1. The maximum Gasteiger partial charge on any atom is 0.238 e. The number of nitrogens with zero attached hydrogens (tertiary/aromatic N) is 2. The summed E-state index contributed by atoms with van der Waals surface area (Å²) in [6.45, 7) is 2.59. The number of anilines is 1. The number of aromatic nitrogens is 1. The molecule has 1 aromatic heterocycles. The van der Waals surface area contributed by atoms with Gasteiger partial charge < -0.3 is 11.1 Å². The summed E-state index contributed by atoms with van der Waals surface area (Å²) in [6.07, 6.45) is 0.525. The van der Waals surface area contributed by atoms with E-state index in [9.17, 15) is 9.59 Å². The molecule has 6 nitrogen and oxygen atoms in total. The molecule has 0 saturated heterocycles. The first-order valence-electron chi connectivity index (χ1n) is 9.42. The van der Waals surface area contributed by atoms with Crippen molar-refractivity contribution in [2.24, 2.45) is 5.73 Å². The zero-order chi connectivity index (χ0) is 20.4. The summed E-state index contributed by atoms with van der Waals surface area (Å²) in [5, 5.41) is 5.93. The Balaban J connectivity index is 1.47. The van der Waals surface area contributed by atoms with Gasteiger partial charge in [-0.15, -0.1) is 11.3 Å². The van der Waals surface area contributed by atoms with Gasteiger partial charge in [-0.2, -0.15) is 0 Å². The normalized spacial score (nSPS) is 16.2. The van der Waals surface area contributed by atoms with Crippen molar-refractivity contribution in [3.8, 4) is 11.3 Å². The molecule has 0 bridgehead atoms. The highest BCUT2D eigenvalue weighted by molar-refractivity contribution is 7.09. The standard InChI is InChI=1S/C22H22N4O2S/c1-14-24-19(13-29-14)16-7-4-8-18(9-16)25-21(27)12-26-11-17-6-3-2-5-15(17)10-20(26)22(23)28/h2-9,13,20H,10-12H2,1H3,(H2,23,28)(H,25,27). The average molecular weight is 407 g/mol. The minimum Gasteiger partial charge on any atom is -0.368 e. The second-order valence-electron chi connectivity index (χ2n) is 7.18. The molecule has 1 aliphatic rings. The minimum atomic E-state index is -0.486. The van der Waals surface area contributed by atoms with E-state index >= 15 is 0 Å². The number of aryl methyl sites for hydroxylation is 1. The SMILES string of the molecule is Cc1nc(-c2cccc(NC(=O)CN3Cc4ccccc4CC3C(N)=O)c2)cs1. The van der Waals surface area contributed by atoms with Crippen LogP contribution in [0.3, 0.4) is 0 Å². The van der Waals surface area contributed by atoms with Gasteiger partial charge in [0, 0.05) is 23.2 Å². The molecule has 3 aromatic rings. The first-order chi connectivity index (χ1) is 14.0. The lowest BCUT2D eigenvalue weighted by molar-refractivity contribution is -0.125. The van der Waals surface area contributed by atoms with Crippen molar-refractivity contribution in [1.82, 2.24) is 9.88 Å². The number of thiazole rings is 1. The molecule has 7 heteroatoms. The predicted octanol–water partition coefficient (Wildman–Crippen LogP) is 2.97. The molecule has 3 N–H and O–H groups in total. The molecule has 2 amide bonds. The molecule has 148 valence electrons. The van der Waals surface area contributed by atoms with E-state index in [0.717, 1.165) is 27.4 Å². The molecule has 0 saturated carbocycles. The summed E-state index contributed by atoms with van der Waals surface area (Å²) in [6, 6.07) is 15.1. The van der Waals surface area contributed by atoms with Crippen molar-refractivity contribution in [2.75, 3.05) is 11.9 Å². The van der Waals surface area contributed by atoms with E-state index in [0.29, 0.717) is 18.7 Å². The second kappa shape index (κ2) is 8.14. The number of nitrogens with two attached hydrogens (primary N) is 1. The highest BCUT2D eigenvalue weighted by Gasteiger charge is 2.31. The lowest BCUT2D eigenvalue weighted by atomic mass is 9.93. The third-order valence-electron chi connectivity index (χ3n) is 5.08. The molecule has 0 aliphatic carbocycles. The molecule has 0 fully saturated rings. The Morgan fingerprint density at radius 3 is 2.72 bits per heavy atom. The van der Waals surface area contributed by atoms with Crippen LogP contribution in [0.1, 0.15) is 16.1 Å². The molecule has 1 unspecified atom stereocenters. The fraction of sp³-hybridized carbons (Fsp3) is 0.227. The summed E-state index contributed by atoms with van der Waals surface area (Å²) < 4.78 is 0. The van der Waals surface area contributed by atoms with Crippen molar-refractivity contribution in [2.45, 2.75) is 25.9 Å². The van der Waals surface area contributed by atoms with E-state index < -0.39 is 11.9 Å². The number of fused-ring (bicyclic) bond motifs is 1. The zero-order valence-corrected chi connectivity index (χ0v) is 16.9. The van der Waals surface area contributed by atoms with Gasteiger partial charge >= 0.3 is 0 Å². The number of amides is 2. The largest absolute Gasteiger partial charge is 0.368 e. The molecule has 0 radical (unpaired) electrons. The zero-order valence-electron chi connectivity index (χ0n) is 16.1. The van der Waals surface area contributed by atoms with Crippen LogP contribution in [-0.2, 0) is 22.6 Å². The van der Waals surface area contributed by atoms with Crippen LogP contribution >= 0.6 is 11.3 Å². The van der Waals surface area contributed by atoms with E-state index in [1.807, 2.05) is 65.7 Å². The number of benzene rings is 2. The lowest BCUT2D eigenvalue weighted by Gasteiger charge is -2.34. The third kappa shape index (κ3) is 4.36. The van der Waals surface area contributed by atoms with Crippen LogP contribution in [0.15, 0.2) is 53.9 Å². The van der Waals surface area contributed by atoms with Crippen LogP contribution < -0.4 is 11.1 Å². The fourth-order valence-corrected chi connectivity index (χ4v) is 4.28. The number of carbonyl (C=O) groups excluding carboxylic acids is 2. The van der Waals surface area contributed by atoms with Crippen LogP contribution in [0.25, 0.3) is 11.3 Å². The third-order valence-corrected chi connectivity index (χ3v) is 5.86. The molecular weight excluding hydrogens is 384 g/mol. The maximum absolute atomic E-state index is 12.7. The fourth-order valence-electron chi connectivity index (χ4n) is 3.66. The van der Waals surface area contributed by atoms with Crippen molar-refractivity contribution in [3.63, 3.8) is 0 Å². The van der Waals surface area contributed by atoms with Gasteiger partial charge in [0.25, 0.3) is 0 Å². The van der Waals surface area contributed by atoms with E-state index in [1.54, 1.807) is 11.3 Å². The summed E-state index contributed by atoms with van der Waals surface area (Å²) in [5.41, 5.74) is 10.4. The Labute approximate surface area is 173 Å². The van der Waals surface area contributed by atoms with Crippen molar-refractivity contribution in [3.05, 3.63) is 70.0 Å². The van der Waals surface area contributed by atoms with Gasteiger partial charge in [-0.3, -0.25) is 14.5 Å². The molecule has 2 heterocycles. The smallest absolute Gasteiger partial charge is 0.238 e. The number of hydrogen-bond donors (Lipinski definition) is 2. The number of nitrogens with one attached hydrogen (secondary N) is 1. The van der Waals surface area contributed by atoms with Gasteiger partial charge in [-0.25, -0.2) is 4.98 Å². The van der Waals surface area contributed by atoms with E-state index in [1.165, 1.54) is 0 Å². The first-order valence-corrected chi connectivity index (χ1v) is 10.3. The Hall–Kier alpha value is -3.03. The Kier molecular flexibility index (Phi) is 5.42. The minimum absolute atomic E-state index is 0.0992. The van der Waals surface area contributed by atoms with E-state index in [-0.39, 0.29) is 12.5 Å². The second-order valence-corrected chi connectivity index (χ2v) is 8.24. The Morgan fingerprint density at radius 1 is 1.21 bits per heavy atom. The predicted molar refractivity (Wildman–Crippen MR) is 114 cm³/mol. The van der Waals surface area contributed by atoms with Gasteiger partial charge in [0.1, 0.15) is 0 Å². The summed E-state index contributed by atoms with van der Waals surface area (Å²) in [7, 11) is 0. The molecule has 4 rings (SSSR count). The van der Waals surface area contributed by atoms with Gasteiger partial charge in [0.05, 0.1) is 23.3 Å². The van der Waals surface area contributed by atoms with Crippen molar-refractivity contribution >= 4 is 28.8 Å². The van der Waals surface area contributed by atoms with Crippen molar-refractivity contribution in [1.29, 1.82) is 0 Å². The maximum atomic E-state index is 12.7.